The van der Waals surface area contributed by atoms with Gasteiger partial charge in [0.2, 0.25) is 0 Å². The Morgan fingerprint density at radius 2 is 1.95 bits per heavy atom. The van der Waals surface area contributed by atoms with E-state index in [9.17, 15) is 0 Å². The second-order valence-corrected chi connectivity index (χ2v) is 6.46. The molecule has 0 aromatic heterocycles. The molecule has 0 aliphatic carbocycles. The third-order valence-corrected chi connectivity index (χ3v) is 4.48. The Labute approximate surface area is 120 Å². The molecule has 0 aromatic carbocycles. The lowest BCUT2D eigenvalue weighted by Gasteiger charge is -2.36. The van der Waals surface area contributed by atoms with Gasteiger partial charge < -0.3 is 15.1 Å². The molecular weight excluding hydrogens is 234 g/mol. The fraction of sp³-hybridized carbons (Fsp3) is 1.00. The molecule has 1 rings (SSSR count). The summed E-state index contributed by atoms with van der Waals surface area (Å²) in [5.41, 5.74) is 0. The van der Waals surface area contributed by atoms with Crippen molar-refractivity contribution in [1.82, 2.24) is 15.1 Å². The normalized spacial score (nSPS) is 26.1. The van der Waals surface area contributed by atoms with Gasteiger partial charge in [-0.25, -0.2) is 0 Å². The molecule has 1 fully saturated rings. The molecule has 0 radical (unpaired) electrons. The van der Waals surface area contributed by atoms with Crippen LogP contribution in [0.5, 0.6) is 0 Å². The monoisotopic (exact) mass is 269 g/mol. The van der Waals surface area contributed by atoms with Gasteiger partial charge in [0, 0.05) is 18.6 Å². The Bertz CT molecular complexity index is 232. The number of nitrogens with zero attached hydrogens (tertiary/aromatic N) is 2. The summed E-state index contributed by atoms with van der Waals surface area (Å²) in [6, 6.07) is 1.30. The Kier molecular flexibility index (Phi) is 7.96. The van der Waals surface area contributed by atoms with Crippen molar-refractivity contribution in [3.8, 4) is 0 Å². The van der Waals surface area contributed by atoms with Crippen molar-refractivity contribution in [2.24, 2.45) is 5.92 Å². The van der Waals surface area contributed by atoms with Crippen LogP contribution in [0.2, 0.25) is 0 Å². The molecule has 114 valence electrons. The van der Waals surface area contributed by atoms with Gasteiger partial charge in [-0.15, -0.1) is 0 Å². The van der Waals surface area contributed by atoms with Crippen LogP contribution < -0.4 is 5.32 Å². The summed E-state index contributed by atoms with van der Waals surface area (Å²) >= 11 is 0. The molecular formula is C16H35N3. The van der Waals surface area contributed by atoms with Crippen LogP contribution in [-0.4, -0.2) is 62.2 Å². The van der Waals surface area contributed by atoms with Crippen molar-refractivity contribution in [3.63, 3.8) is 0 Å². The van der Waals surface area contributed by atoms with Gasteiger partial charge in [-0.3, -0.25) is 0 Å². The first-order chi connectivity index (χ1) is 9.08. The molecule has 0 amide bonds. The van der Waals surface area contributed by atoms with E-state index in [0.717, 1.165) is 12.5 Å². The number of likely N-dealkylation sites (N-methyl/N-ethyl adjacent to an activating group) is 3. The Balaban J connectivity index is 2.65. The summed E-state index contributed by atoms with van der Waals surface area (Å²) in [7, 11) is 4.57. The predicted molar refractivity (Wildman–Crippen MR) is 84.7 cm³/mol. The second-order valence-electron chi connectivity index (χ2n) is 6.46. The van der Waals surface area contributed by atoms with Crippen molar-refractivity contribution in [2.45, 2.75) is 58.5 Å². The minimum atomic E-state index is 0.636. The van der Waals surface area contributed by atoms with E-state index < -0.39 is 0 Å². The number of hydrogen-bond acceptors (Lipinski definition) is 3. The van der Waals surface area contributed by atoms with E-state index in [0.29, 0.717) is 12.1 Å². The van der Waals surface area contributed by atoms with Gasteiger partial charge in [0.25, 0.3) is 0 Å². The summed E-state index contributed by atoms with van der Waals surface area (Å²) in [6.07, 6.45) is 5.27. The first-order valence-corrected chi connectivity index (χ1v) is 8.20. The van der Waals surface area contributed by atoms with Crippen molar-refractivity contribution < 1.29 is 0 Å². The molecule has 1 aliphatic rings. The minimum absolute atomic E-state index is 0.636. The van der Waals surface area contributed by atoms with Crippen LogP contribution in [0.1, 0.15) is 46.5 Å². The summed E-state index contributed by atoms with van der Waals surface area (Å²) in [4.78, 5) is 5.08. The van der Waals surface area contributed by atoms with Gasteiger partial charge in [0.1, 0.15) is 0 Å². The molecule has 0 spiro atoms. The van der Waals surface area contributed by atoms with Crippen LogP contribution in [-0.2, 0) is 0 Å². The molecule has 1 aliphatic heterocycles. The van der Waals surface area contributed by atoms with Crippen molar-refractivity contribution in [2.75, 3.05) is 40.3 Å². The average Bonchev–Trinajstić information content (AvgIpc) is 2.51. The molecule has 1 N–H and O–H groups in total. The molecule has 0 aromatic rings. The standard InChI is InChI=1S/C16H35N3/c1-6-9-14(3)12-15(17-7-2)16-13-18(4)10-8-11-19(16)5/h14-17H,6-13H2,1-5H3. The highest BCUT2D eigenvalue weighted by atomic mass is 15.2. The van der Waals surface area contributed by atoms with Crippen molar-refractivity contribution in [3.05, 3.63) is 0 Å². The van der Waals surface area contributed by atoms with Gasteiger partial charge in [-0.2, -0.15) is 0 Å². The summed E-state index contributed by atoms with van der Waals surface area (Å²) < 4.78 is 0. The van der Waals surface area contributed by atoms with Crippen LogP contribution in [0, 0.1) is 5.92 Å². The van der Waals surface area contributed by atoms with Gasteiger partial charge in [-0.1, -0.05) is 33.6 Å². The number of nitrogens with one attached hydrogen (secondary N) is 1. The van der Waals surface area contributed by atoms with E-state index in [-0.39, 0.29) is 0 Å². The number of hydrogen-bond donors (Lipinski definition) is 1. The maximum Gasteiger partial charge on any atom is 0.0373 e. The van der Waals surface area contributed by atoms with Gasteiger partial charge in [-0.05, 0) is 52.5 Å². The lowest BCUT2D eigenvalue weighted by molar-refractivity contribution is 0.162. The van der Waals surface area contributed by atoms with Gasteiger partial charge >= 0.3 is 0 Å². The lowest BCUT2D eigenvalue weighted by Crippen LogP contribution is -2.52. The number of rotatable bonds is 7. The highest BCUT2D eigenvalue weighted by molar-refractivity contribution is 4.88. The largest absolute Gasteiger partial charge is 0.313 e. The molecule has 19 heavy (non-hydrogen) atoms. The molecule has 1 saturated heterocycles. The molecule has 0 saturated carbocycles. The summed E-state index contributed by atoms with van der Waals surface area (Å²) in [5, 5.41) is 3.75. The van der Waals surface area contributed by atoms with E-state index in [1.807, 2.05) is 0 Å². The molecule has 3 nitrogen and oxygen atoms in total. The highest BCUT2D eigenvalue weighted by Gasteiger charge is 2.28. The summed E-state index contributed by atoms with van der Waals surface area (Å²) in [5.74, 6) is 0.830. The highest BCUT2D eigenvalue weighted by Crippen LogP contribution is 2.19. The van der Waals surface area contributed by atoms with E-state index in [1.54, 1.807) is 0 Å². The first-order valence-electron chi connectivity index (χ1n) is 8.20. The Morgan fingerprint density at radius 1 is 1.21 bits per heavy atom. The SMILES string of the molecule is CCCC(C)CC(NCC)C1CN(C)CCCN1C. The minimum Gasteiger partial charge on any atom is -0.313 e. The average molecular weight is 269 g/mol. The Hall–Kier alpha value is -0.120. The quantitative estimate of drug-likeness (QED) is 0.766. The molecule has 3 atom stereocenters. The Morgan fingerprint density at radius 3 is 2.58 bits per heavy atom. The topological polar surface area (TPSA) is 18.5 Å². The van der Waals surface area contributed by atoms with Crippen LogP contribution >= 0.6 is 0 Å². The zero-order valence-corrected chi connectivity index (χ0v) is 13.8. The zero-order chi connectivity index (χ0) is 14.3. The second kappa shape index (κ2) is 8.93. The van der Waals surface area contributed by atoms with Crippen molar-refractivity contribution in [1.29, 1.82) is 0 Å². The van der Waals surface area contributed by atoms with Crippen LogP contribution in [0.3, 0.4) is 0 Å². The van der Waals surface area contributed by atoms with E-state index in [2.05, 4.69) is 50.0 Å². The predicted octanol–water partition coefficient (Wildman–Crippen LogP) is 2.43. The van der Waals surface area contributed by atoms with E-state index in [4.69, 9.17) is 0 Å². The van der Waals surface area contributed by atoms with Gasteiger partial charge in [0.15, 0.2) is 0 Å². The van der Waals surface area contributed by atoms with Gasteiger partial charge in [0.05, 0.1) is 0 Å². The molecule has 0 bridgehead atoms. The fourth-order valence-electron chi connectivity index (χ4n) is 3.42. The molecule has 3 heteroatoms. The molecule has 1 heterocycles. The first kappa shape index (κ1) is 16.9. The van der Waals surface area contributed by atoms with Crippen LogP contribution in [0.25, 0.3) is 0 Å². The van der Waals surface area contributed by atoms with E-state index in [1.165, 1.54) is 45.3 Å². The molecule has 3 unspecified atom stereocenters. The lowest BCUT2D eigenvalue weighted by atomic mass is 9.92. The van der Waals surface area contributed by atoms with E-state index >= 15 is 0 Å². The summed E-state index contributed by atoms with van der Waals surface area (Å²) in [6.45, 7) is 11.7. The third-order valence-electron chi connectivity index (χ3n) is 4.48. The fourth-order valence-corrected chi connectivity index (χ4v) is 3.42. The maximum absolute atomic E-state index is 3.75. The zero-order valence-electron chi connectivity index (χ0n) is 13.8. The third kappa shape index (κ3) is 5.80. The maximum atomic E-state index is 3.75. The smallest absolute Gasteiger partial charge is 0.0373 e. The van der Waals surface area contributed by atoms with Crippen LogP contribution in [0.4, 0.5) is 0 Å². The van der Waals surface area contributed by atoms with Crippen LogP contribution in [0.15, 0.2) is 0 Å². The van der Waals surface area contributed by atoms with Crippen molar-refractivity contribution >= 4 is 0 Å².